The number of para-hydroxylation sites is 1. The van der Waals surface area contributed by atoms with Crippen molar-refractivity contribution < 1.29 is 19.2 Å². The Kier molecular flexibility index (Phi) is 8.29. The predicted octanol–water partition coefficient (Wildman–Crippen LogP) is 7.90. The summed E-state index contributed by atoms with van der Waals surface area (Å²) < 4.78 is 6.68. The van der Waals surface area contributed by atoms with Crippen LogP contribution in [0.4, 0.5) is 5.69 Å². The number of hydrazone groups is 1. The van der Waals surface area contributed by atoms with Crippen molar-refractivity contribution in [3.05, 3.63) is 126 Å². The van der Waals surface area contributed by atoms with Crippen LogP contribution in [0.5, 0.6) is 5.75 Å². The third-order valence-corrected chi connectivity index (χ3v) is 7.37. The van der Waals surface area contributed by atoms with Gasteiger partial charge in [0.2, 0.25) is 0 Å². The van der Waals surface area contributed by atoms with Crippen LogP contribution in [0.15, 0.2) is 99.0 Å². The highest BCUT2D eigenvalue weighted by atomic mass is 79.9. The molecule has 0 aliphatic carbocycles. The van der Waals surface area contributed by atoms with Crippen LogP contribution in [0.25, 0.3) is 22.0 Å². The Morgan fingerprint density at radius 3 is 2.44 bits per heavy atom. The normalized spacial score (nSPS) is 11.1. The number of hydrogen-bond donors (Lipinski definition) is 2. The molecule has 0 aliphatic rings. The summed E-state index contributed by atoms with van der Waals surface area (Å²) in [7, 11) is 0. The zero-order chi connectivity index (χ0) is 29.1. The monoisotopic (exact) mass is 694 g/mol. The van der Waals surface area contributed by atoms with Gasteiger partial charge in [-0.1, -0.05) is 63.9 Å². The number of halogens is 3. The van der Waals surface area contributed by atoms with Crippen LogP contribution < -0.4 is 10.2 Å². The summed E-state index contributed by atoms with van der Waals surface area (Å²) >= 11 is 13.3. The molecule has 5 rings (SSSR count). The first-order chi connectivity index (χ1) is 19.7. The van der Waals surface area contributed by atoms with Crippen LogP contribution in [0.2, 0.25) is 5.02 Å². The van der Waals surface area contributed by atoms with E-state index >= 15 is 0 Å². The second kappa shape index (κ2) is 12.0. The van der Waals surface area contributed by atoms with Gasteiger partial charge < -0.3 is 9.72 Å². The number of non-ortho nitro benzene ring substituents is 1. The first-order valence-electron chi connectivity index (χ1n) is 11.9. The number of carbonyl (C=O) groups excluding carboxylic acids is 2. The quantitative estimate of drug-likeness (QED) is 0.0588. The third-order valence-electron chi connectivity index (χ3n) is 5.99. The molecule has 1 aromatic heterocycles. The van der Waals surface area contributed by atoms with E-state index in [1.165, 1.54) is 30.5 Å². The van der Waals surface area contributed by atoms with Crippen molar-refractivity contribution in [2.24, 2.45) is 5.10 Å². The van der Waals surface area contributed by atoms with Gasteiger partial charge in [-0.25, -0.2) is 10.2 Å². The number of fused-ring (bicyclic) bond motifs is 1. The number of ether oxygens (including phenoxy) is 1. The van der Waals surface area contributed by atoms with E-state index in [2.05, 4.69) is 47.4 Å². The largest absolute Gasteiger partial charge is 0.421 e. The summed E-state index contributed by atoms with van der Waals surface area (Å²) in [5.74, 6) is -1.10. The molecule has 0 bridgehead atoms. The summed E-state index contributed by atoms with van der Waals surface area (Å²) in [5.41, 5.74) is 5.22. The van der Waals surface area contributed by atoms with Gasteiger partial charge in [-0.15, -0.1) is 0 Å². The lowest BCUT2D eigenvalue weighted by Crippen LogP contribution is -2.19. The highest BCUT2D eigenvalue weighted by Gasteiger charge is 2.21. The van der Waals surface area contributed by atoms with Crippen molar-refractivity contribution >= 4 is 78.1 Å². The number of esters is 1. The zero-order valence-electron chi connectivity index (χ0n) is 20.7. The summed E-state index contributed by atoms with van der Waals surface area (Å²) in [6, 6.07) is 23.1. The average Bonchev–Trinajstić information content (AvgIpc) is 3.34. The Labute approximate surface area is 254 Å². The van der Waals surface area contributed by atoms with E-state index in [9.17, 15) is 19.7 Å². The molecule has 12 heteroatoms. The molecule has 0 atom stereocenters. The molecule has 0 aliphatic heterocycles. The number of rotatable bonds is 7. The van der Waals surface area contributed by atoms with Crippen LogP contribution in [0.3, 0.4) is 0 Å². The summed E-state index contributed by atoms with van der Waals surface area (Å²) in [5, 5.41) is 16.3. The molecule has 0 unspecified atom stereocenters. The maximum absolute atomic E-state index is 13.3. The number of aromatic nitrogens is 1. The van der Waals surface area contributed by atoms with Crippen molar-refractivity contribution in [2.75, 3.05) is 0 Å². The fourth-order valence-corrected chi connectivity index (χ4v) is 5.70. The number of hydrogen-bond acceptors (Lipinski definition) is 6. The number of aromatic amines is 1. The van der Waals surface area contributed by atoms with Gasteiger partial charge >= 0.3 is 5.97 Å². The van der Waals surface area contributed by atoms with Gasteiger partial charge in [-0.2, -0.15) is 5.10 Å². The molecular formula is C29H17Br2ClN4O5. The smallest absolute Gasteiger partial charge is 0.343 e. The van der Waals surface area contributed by atoms with E-state index in [0.29, 0.717) is 30.7 Å². The standard InChI is InChI=1S/C29H17Br2ClN4O5/c30-18-13-17(27(22(31)14-18)41-29(38)16-9-11-19(12-10-16)36(39)40)15-33-35-28(37)26-25(20-5-1-3-7-23(20)32)21-6-2-4-8-24(21)34-26/h1-15,34H,(H,35,37). The Balaban J connectivity index is 1.42. The van der Waals surface area contributed by atoms with E-state index in [-0.39, 0.29) is 22.7 Å². The van der Waals surface area contributed by atoms with E-state index in [0.717, 1.165) is 10.9 Å². The number of nitro groups is 1. The lowest BCUT2D eigenvalue weighted by molar-refractivity contribution is -0.384. The van der Waals surface area contributed by atoms with Gasteiger partial charge in [-0.3, -0.25) is 14.9 Å². The van der Waals surface area contributed by atoms with Gasteiger partial charge in [0.1, 0.15) is 5.69 Å². The minimum atomic E-state index is -0.732. The molecule has 0 saturated carbocycles. The molecule has 0 radical (unpaired) electrons. The number of nitrogens with zero attached hydrogens (tertiary/aromatic N) is 2. The lowest BCUT2D eigenvalue weighted by atomic mass is 10.0. The van der Waals surface area contributed by atoms with E-state index in [1.54, 1.807) is 18.2 Å². The highest BCUT2D eigenvalue weighted by molar-refractivity contribution is 9.11. The summed E-state index contributed by atoms with van der Waals surface area (Å²) in [6.45, 7) is 0. The number of benzene rings is 4. The average molecular weight is 697 g/mol. The molecule has 41 heavy (non-hydrogen) atoms. The number of nitrogens with one attached hydrogen (secondary N) is 2. The molecule has 204 valence electrons. The first kappa shape index (κ1) is 28.2. The number of nitro benzene ring substituents is 1. The second-order valence-corrected chi connectivity index (χ2v) is 10.8. The predicted molar refractivity (Wildman–Crippen MR) is 164 cm³/mol. The molecule has 4 aromatic carbocycles. The fraction of sp³-hybridized carbons (Fsp3) is 0. The number of carbonyl (C=O) groups is 2. The summed E-state index contributed by atoms with van der Waals surface area (Å²) in [6.07, 6.45) is 1.34. The molecule has 0 fully saturated rings. The Morgan fingerprint density at radius 1 is 1.00 bits per heavy atom. The van der Waals surface area contributed by atoms with Gasteiger partial charge in [0, 0.05) is 49.2 Å². The Morgan fingerprint density at radius 2 is 1.71 bits per heavy atom. The van der Waals surface area contributed by atoms with Crippen molar-refractivity contribution in [3.63, 3.8) is 0 Å². The highest BCUT2D eigenvalue weighted by Crippen LogP contribution is 2.37. The molecule has 5 aromatic rings. The van der Waals surface area contributed by atoms with Crippen molar-refractivity contribution in [2.45, 2.75) is 0 Å². The molecule has 2 N–H and O–H groups in total. The van der Waals surface area contributed by atoms with Crippen LogP contribution in [0.1, 0.15) is 26.4 Å². The third kappa shape index (κ3) is 6.07. The zero-order valence-corrected chi connectivity index (χ0v) is 24.7. The SMILES string of the molecule is O=C(Oc1c(Br)cc(Br)cc1C=NNC(=O)c1[nH]c2ccccc2c1-c1ccccc1Cl)c1ccc([N+](=O)[O-])cc1. The minimum absolute atomic E-state index is 0.118. The van der Waals surface area contributed by atoms with Gasteiger partial charge in [0.05, 0.1) is 21.2 Å². The molecular weight excluding hydrogens is 680 g/mol. The molecule has 0 spiro atoms. The van der Waals surface area contributed by atoms with E-state index < -0.39 is 16.8 Å². The van der Waals surface area contributed by atoms with Crippen LogP contribution in [0, 0.1) is 10.1 Å². The van der Waals surface area contributed by atoms with Crippen LogP contribution in [-0.4, -0.2) is 28.0 Å². The second-order valence-electron chi connectivity index (χ2n) is 8.60. The Hall–Kier alpha value is -4.32. The number of amides is 1. The first-order valence-corrected chi connectivity index (χ1v) is 13.8. The summed E-state index contributed by atoms with van der Waals surface area (Å²) in [4.78, 5) is 39.6. The van der Waals surface area contributed by atoms with E-state index in [1.807, 2.05) is 42.5 Å². The van der Waals surface area contributed by atoms with Crippen LogP contribution >= 0.6 is 43.5 Å². The fourth-order valence-electron chi connectivity index (χ4n) is 4.13. The van der Waals surface area contributed by atoms with Crippen molar-refractivity contribution in [1.82, 2.24) is 10.4 Å². The Bertz CT molecular complexity index is 1850. The molecule has 1 amide bonds. The van der Waals surface area contributed by atoms with Gasteiger partial charge in [0.15, 0.2) is 5.75 Å². The van der Waals surface area contributed by atoms with Gasteiger partial charge in [0.25, 0.3) is 11.6 Å². The maximum atomic E-state index is 13.3. The van der Waals surface area contributed by atoms with E-state index in [4.69, 9.17) is 16.3 Å². The molecule has 9 nitrogen and oxygen atoms in total. The minimum Gasteiger partial charge on any atom is -0.421 e. The van der Waals surface area contributed by atoms with Crippen molar-refractivity contribution in [3.8, 4) is 16.9 Å². The molecule has 0 saturated heterocycles. The number of H-pyrrole nitrogens is 1. The van der Waals surface area contributed by atoms with Gasteiger partial charge in [-0.05, 0) is 52.3 Å². The topological polar surface area (TPSA) is 127 Å². The van der Waals surface area contributed by atoms with Crippen LogP contribution in [-0.2, 0) is 0 Å². The molecule has 1 heterocycles. The van der Waals surface area contributed by atoms with Crippen molar-refractivity contribution in [1.29, 1.82) is 0 Å². The maximum Gasteiger partial charge on any atom is 0.343 e. The lowest BCUT2D eigenvalue weighted by Gasteiger charge is -2.11.